The molecule has 168 valence electrons. The zero-order chi connectivity index (χ0) is 20.9. The van der Waals surface area contributed by atoms with Crippen molar-refractivity contribution in [3.8, 4) is 0 Å². The molecule has 0 aromatic carbocycles. The van der Waals surface area contributed by atoms with Gasteiger partial charge < -0.3 is 24.9 Å². The molecular formula is C22H46NO5+. The van der Waals surface area contributed by atoms with Crippen molar-refractivity contribution in [3.63, 3.8) is 0 Å². The zero-order valence-corrected chi connectivity index (χ0v) is 18.0. The molecule has 6 heteroatoms. The SMILES string of the molecule is O=C(O)CCCCCCCCCCCCCCC[N+](CCO)(CCO)CCO. The Bertz CT molecular complexity index is 335. The van der Waals surface area contributed by atoms with Crippen molar-refractivity contribution in [3.05, 3.63) is 0 Å². The van der Waals surface area contributed by atoms with E-state index in [1.54, 1.807) is 0 Å². The van der Waals surface area contributed by atoms with Crippen LogP contribution in [0.15, 0.2) is 0 Å². The minimum absolute atomic E-state index is 0.0995. The van der Waals surface area contributed by atoms with Gasteiger partial charge in [0.05, 0.1) is 26.4 Å². The molecule has 0 aliphatic rings. The molecule has 0 atom stereocenters. The molecule has 0 heterocycles. The van der Waals surface area contributed by atoms with Gasteiger partial charge in [0.15, 0.2) is 0 Å². The Kier molecular flexibility index (Phi) is 19.1. The van der Waals surface area contributed by atoms with Gasteiger partial charge in [0.1, 0.15) is 19.6 Å². The first kappa shape index (κ1) is 27.3. The highest BCUT2D eigenvalue weighted by Gasteiger charge is 2.25. The standard InChI is InChI=1S/C22H45NO5/c24-19-16-23(17-20-25,18-21-26)15-13-11-9-7-5-3-1-2-4-6-8-10-12-14-22(27)28/h24-26H,1-21H2/p+1. The maximum Gasteiger partial charge on any atom is 0.303 e. The monoisotopic (exact) mass is 404 g/mol. The largest absolute Gasteiger partial charge is 0.481 e. The number of hydrogen-bond acceptors (Lipinski definition) is 4. The van der Waals surface area contributed by atoms with E-state index in [2.05, 4.69) is 0 Å². The molecule has 0 aromatic rings. The number of unbranched alkanes of at least 4 members (excludes halogenated alkanes) is 12. The number of carboxylic acids is 1. The Morgan fingerprint density at radius 1 is 0.500 bits per heavy atom. The van der Waals surface area contributed by atoms with E-state index in [4.69, 9.17) is 5.11 Å². The van der Waals surface area contributed by atoms with E-state index in [-0.39, 0.29) is 19.8 Å². The van der Waals surface area contributed by atoms with Crippen LogP contribution in [0.5, 0.6) is 0 Å². The second-order valence-electron chi connectivity index (χ2n) is 8.15. The molecule has 6 nitrogen and oxygen atoms in total. The van der Waals surface area contributed by atoms with Crippen LogP contribution in [0.25, 0.3) is 0 Å². The lowest BCUT2D eigenvalue weighted by Crippen LogP contribution is -2.53. The van der Waals surface area contributed by atoms with Crippen molar-refractivity contribution in [2.45, 2.75) is 89.9 Å². The zero-order valence-electron chi connectivity index (χ0n) is 18.0. The van der Waals surface area contributed by atoms with Crippen molar-refractivity contribution >= 4 is 5.97 Å². The van der Waals surface area contributed by atoms with Crippen molar-refractivity contribution in [2.75, 3.05) is 46.0 Å². The lowest BCUT2D eigenvalue weighted by atomic mass is 10.0. The highest BCUT2D eigenvalue weighted by molar-refractivity contribution is 5.66. The summed E-state index contributed by atoms with van der Waals surface area (Å²) in [5, 5.41) is 36.4. The molecule has 0 fully saturated rings. The second kappa shape index (κ2) is 19.6. The average molecular weight is 405 g/mol. The van der Waals surface area contributed by atoms with Crippen molar-refractivity contribution < 1.29 is 29.7 Å². The molecule has 0 amide bonds. The van der Waals surface area contributed by atoms with Gasteiger partial charge in [-0.15, -0.1) is 0 Å². The fourth-order valence-electron chi connectivity index (χ4n) is 3.98. The fourth-order valence-corrected chi connectivity index (χ4v) is 3.98. The minimum atomic E-state index is -0.682. The maximum absolute atomic E-state index is 10.4. The molecule has 0 unspecified atom stereocenters. The Balaban J connectivity index is 3.49. The molecule has 0 bridgehead atoms. The van der Waals surface area contributed by atoms with E-state index in [0.717, 1.165) is 32.2 Å². The van der Waals surface area contributed by atoms with Gasteiger partial charge in [0.2, 0.25) is 0 Å². The molecule has 0 rings (SSSR count). The van der Waals surface area contributed by atoms with Gasteiger partial charge in [0, 0.05) is 6.42 Å². The summed E-state index contributed by atoms with van der Waals surface area (Å²) in [7, 11) is 0. The number of rotatable bonds is 22. The van der Waals surface area contributed by atoms with E-state index >= 15 is 0 Å². The van der Waals surface area contributed by atoms with Crippen LogP contribution in [0.2, 0.25) is 0 Å². The van der Waals surface area contributed by atoms with Crippen LogP contribution in [0.3, 0.4) is 0 Å². The van der Waals surface area contributed by atoms with E-state index < -0.39 is 5.97 Å². The molecule has 28 heavy (non-hydrogen) atoms. The van der Waals surface area contributed by atoms with Crippen LogP contribution in [-0.2, 0) is 4.79 Å². The number of aliphatic carboxylic acids is 1. The quantitative estimate of drug-likeness (QED) is 0.164. The third-order valence-corrected chi connectivity index (χ3v) is 5.75. The van der Waals surface area contributed by atoms with Crippen molar-refractivity contribution in [2.24, 2.45) is 0 Å². The number of carbonyl (C=O) groups is 1. The highest BCUT2D eigenvalue weighted by Crippen LogP contribution is 2.14. The molecule has 4 N–H and O–H groups in total. The van der Waals surface area contributed by atoms with Crippen molar-refractivity contribution in [1.82, 2.24) is 0 Å². The van der Waals surface area contributed by atoms with Crippen LogP contribution >= 0.6 is 0 Å². The normalized spacial score (nSPS) is 11.8. The second-order valence-corrected chi connectivity index (χ2v) is 8.15. The van der Waals surface area contributed by atoms with Gasteiger partial charge >= 0.3 is 5.97 Å². The van der Waals surface area contributed by atoms with E-state index in [1.807, 2.05) is 0 Å². The Morgan fingerprint density at radius 2 is 0.821 bits per heavy atom. The maximum atomic E-state index is 10.4. The van der Waals surface area contributed by atoms with Gasteiger partial charge in [0.25, 0.3) is 0 Å². The molecule has 0 radical (unpaired) electrons. The van der Waals surface area contributed by atoms with Gasteiger partial charge in [-0.25, -0.2) is 0 Å². The van der Waals surface area contributed by atoms with Gasteiger partial charge in [-0.05, 0) is 19.3 Å². The van der Waals surface area contributed by atoms with E-state index in [9.17, 15) is 20.1 Å². The Labute approximate surface area is 172 Å². The summed E-state index contributed by atoms with van der Waals surface area (Å²) in [6.45, 7) is 3.06. The van der Waals surface area contributed by atoms with Crippen LogP contribution in [-0.4, -0.2) is 76.9 Å². The number of aliphatic hydroxyl groups excluding tert-OH is 3. The molecule has 0 saturated heterocycles. The van der Waals surface area contributed by atoms with Crippen molar-refractivity contribution in [1.29, 1.82) is 0 Å². The molecule has 0 aliphatic carbocycles. The minimum Gasteiger partial charge on any atom is -0.481 e. The van der Waals surface area contributed by atoms with Crippen LogP contribution in [0.1, 0.15) is 89.9 Å². The summed E-state index contributed by atoms with van der Waals surface area (Å²) in [5.74, 6) is -0.682. The van der Waals surface area contributed by atoms with Gasteiger partial charge in [-0.1, -0.05) is 64.2 Å². The van der Waals surface area contributed by atoms with Crippen LogP contribution < -0.4 is 0 Å². The Morgan fingerprint density at radius 3 is 1.14 bits per heavy atom. The summed E-state index contributed by atoms with van der Waals surface area (Å²) >= 11 is 0. The first-order valence-electron chi connectivity index (χ1n) is 11.5. The van der Waals surface area contributed by atoms with Crippen LogP contribution in [0.4, 0.5) is 0 Å². The summed E-state index contributed by atoms with van der Waals surface area (Å²) in [4.78, 5) is 10.4. The summed E-state index contributed by atoms with van der Waals surface area (Å²) in [5.41, 5.74) is 0. The molecule has 0 saturated carbocycles. The topological polar surface area (TPSA) is 98.0 Å². The van der Waals surface area contributed by atoms with E-state index in [0.29, 0.717) is 30.5 Å². The van der Waals surface area contributed by atoms with Crippen LogP contribution in [0, 0.1) is 0 Å². The lowest BCUT2D eigenvalue weighted by molar-refractivity contribution is -0.929. The fraction of sp³-hybridized carbons (Fsp3) is 0.955. The average Bonchev–Trinajstić information content (AvgIpc) is 2.65. The summed E-state index contributed by atoms with van der Waals surface area (Å²) in [6, 6.07) is 0. The number of quaternary nitrogens is 1. The number of hydrogen-bond donors (Lipinski definition) is 4. The predicted molar refractivity (Wildman–Crippen MR) is 113 cm³/mol. The number of nitrogens with zero attached hydrogens (tertiary/aromatic N) is 1. The first-order valence-corrected chi connectivity index (χ1v) is 11.5. The predicted octanol–water partition coefficient (Wildman–Crippen LogP) is 3.33. The first-order chi connectivity index (χ1) is 13.6. The van der Waals surface area contributed by atoms with Gasteiger partial charge in [-0.3, -0.25) is 4.79 Å². The summed E-state index contributed by atoms with van der Waals surface area (Å²) < 4.78 is 0.625. The molecule has 0 aromatic heterocycles. The number of carboxylic acid groups (broad SMARTS) is 1. The van der Waals surface area contributed by atoms with E-state index in [1.165, 1.54) is 57.8 Å². The molecular weight excluding hydrogens is 358 g/mol. The number of aliphatic hydroxyl groups is 3. The lowest BCUT2D eigenvalue weighted by Gasteiger charge is -2.37. The third kappa shape index (κ3) is 16.3. The summed E-state index contributed by atoms with van der Waals surface area (Å²) in [6.07, 6.45) is 15.8. The van der Waals surface area contributed by atoms with Gasteiger partial charge in [-0.2, -0.15) is 0 Å². The smallest absolute Gasteiger partial charge is 0.303 e. The Hall–Kier alpha value is -0.690. The third-order valence-electron chi connectivity index (χ3n) is 5.75. The highest BCUT2D eigenvalue weighted by atomic mass is 16.4. The molecule has 0 spiro atoms. The molecule has 0 aliphatic heterocycles.